The molecule has 6 aromatic rings. The summed E-state index contributed by atoms with van der Waals surface area (Å²) in [5.41, 5.74) is 5.85. The van der Waals surface area contributed by atoms with E-state index < -0.39 is 12.2 Å². The molecule has 312 valence electrons. The monoisotopic (exact) mass is 828 g/mol. The fourth-order valence-corrected chi connectivity index (χ4v) is 8.12. The van der Waals surface area contributed by atoms with Gasteiger partial charge in [-0.3, -0.25) is 19.6 Å². The van der Waals surface area contributed by atoms with Crippen molar-refractivity contribution in [2.24, 2.45) is 11.8 Å². The van der Waals surface area contributed by atoms with Crippen molar-refractivity contribution in [2.75, 3.05) is 13.2 Å². The molecule has 62 heavy (non-hydrogen) atoms. The van der Waals surface area contributed by atoms with E-state index in [0.29, 0.717) is 37.6 Å². The summed E-state index contributed by atoms with van der Waals surface area (Å²) in [5, 5.41) is 0. The molecule has 0 radical (unpaired) electrons. The van der Waals surface area contributed by atoms with Crippen LogP contribution in [0.25, 0.3) is 0 Å². The molecule has 12 heteroatoms. The fraction of sp³-hybridized carbons (Fsp3) is 0.240. The molecule has 2 aromatic heterocycles. The van der Waals surface area contributed by atoms with E-state index in [2.05, 4.69) is 9.97 Å². The fourth-order valence-electron chi connectivity index (χ4n) is 8.12. The van der Waals surface area contributed by atoms with Crippen molar-refractivity contribution in [1.82, 2.24) is 19.8 Å². The maximum absolute atomic E-state index is 13.2. The summed E-state index contributed by atoms with van der Waals surface area (Å²) in [7, 11) is 0. The molecular formula is C50H44N4O8. The van der Waals surface area contributed by atoms with Gasteiger partial charge < -0.3 is 18.9 Å². The minimum absolute atomic E-state index is 0.0325. The number of hydrogen-bond donors (Lipinski definition) is 0. The molecule has 4 fully saturated rings. The van der Waals surface area contributed by atoms with Gasteiger partial charge in [-0.1, -0.05) is 121 Å². The lowest BCUT2D eigenvalue weighted by molar-refractivity contribution is -0.131. The number of benzene rings is 4. The van der Waals surface area contributed by atoms with Crippen molar-refractivity contribution >= 4 is 24.0 Å². The lowest BCUT2D eigenvalue weighted by Gasteiger charge is -2.20. The number of hydrogen-bond acceptors (Lipinski definition) is 10. The molecule has 0 N–H and O–H groups in total. The number of pyridine rings is 2. The molecule has 10 rings (SSSR count). The predicted molar refractivity (Wildman–Crippen MR) is 226 cm³/mol. The third-order valence-electron chi connectivity index (χ3n) is 11.6. The van der Waals surface area contributed by atoms with Gasteiger partial charge in [0, 0.05) is 24.2 Å². The van der Waals surface area contributed by atoms with E-state index in [9.17, 15) is 19.2 Å². The van der Waals surface area contributed by atoms with E-state index in [4.69, 9.17) is 18.9 Å². The van der Waals surface area contributed by atoms with Crippen LogP contribution in [-0.4, -0.2) is 57.0 Å². The zero-order chi connectivity index (χ0) is 42.4. The molecule has 0 unspecified atom stereocenters. The van der Waals surface area contributed by atoms with E-state index in [0.717, 1.165) is 33.4 Å². The average Bonchev–Trinajstić information content (AvgIpc) is 4.24. The van der Waals surface area contributed by atoms with Gasteiger partial charge in [-0.25, -0.2) is 19.4 Å². The summed E-state index contributed by atoms with van der Waals surface area (Å²) >= 11 is 0. The molecule has 0 bridgehead atoms. The van der Waals surface area contributed by atoms with E-state index in [1.165, 1.54) is 9.80 Å². The Morgan fingerprint density at radius 1 is 0.516 bits per heavy atom. The Kier molecular flexibility index (Phi) is 11.7. The van der Waals surface area contributed by atoms with Gasteiger partial charge in [-0.2, -0.15) is 0 Å². The Hall–Kier alpha value is -7.34. The number of aromatic nitrogens is 2. The first-order valence-corrected chi connectivity index (χ1v) is 20.7. The quantitative estimate of drug-likeness (QED) is 0.118. The summed E-state index contributed by atoms with van der Waals surface area (Å²) in [6, 6.07) is 42.0. The highest BCUT2D eigenvalue weighted by molar-refractivity contribution is 5.97. The van der Waals surface area contributed by atoms with Crippen LogP contribution in [0.1, 0.15) is 70.1 Å². The molecule has 0 spiro atoms. The van der Waals surface area contributed by atoms with E-state index >= 15 is 0 Å². The van der Waals surface area contributed by atoms with Crippen LogP contribution >= 0.6 is 0 Å². The first-order valence-electron chi connectivity index (χ1n) is 20.7. The zero-order valence-electron chi connectivity index (χ0n) is 33.8. The van der Waals surface area contributed by atoms with Gasteiger partial charge >= 0.3 is 12.2 Å². The smallest absolute Gasteiger partial charge is 0.417 e. The zero-order valence-corrected chi connectivity index (χ0v) is 33.8. The van der Waals surface area contributed by atoms with Crippen molar-refractivity contribution in [3.63, 3.8) is 0 Å². The van der Waals surface area contributed by atoms with E-state index in [1.54, 1.807) is 24.8 Å². The van der Waals surface area contributed by atoms with Gasteiger partial charge in [0.05, 0.1) is 12.4 Å². The highest BCUT2D eigenvalue weighted by atomic mass is 16.6. The average molecular weight is 829 g/mol. The minimum Gasteiger partial charge on any atom is -0.487 e. The van der Waals surface area contributed by atoms with Gasteiger partial charge in [-0.05, 0) is 70.2 Å². The maximum Gasteiger partial charge on any atom is 0.417 e. The molecular weight excluding hydrogens is 785 g/mol. The summed E-state index contributed by atoms with van der Waals surface area (Å²) in [6.45, 7) is 1.29. The molecule has 2 saturated carbocycles. The molecule has 2 saturated heterocycles. The lowest BCUT2D eigenvalue weighted by atomic mass is 10.1. The Labute approximate surface area is 359 Å². The Balaban J connectivity index is 0.000000158. The molecule has 4 amide bonds. The number of amides is 4. The third-order valence-corrected chi connectivity index (χ3v) is 11.6. The molecule has 4 aliphatic rings. The van der Waals surface area contributed by atoms with E-state index in [-0.39, 0.29) is 60.8 Å². The largest absolute Gasteiger partial charge is 0.487 e. The lowest BCUT2D eigenvalue weighted by Crippen LogP contribution is -2.35. The molecule has 2 aliphatic heterocycles. The van der Waals surface area contributed by atoms with Crippen LogP contribution in [0.15, 0.2) is 158 Å². The Morgan fingerprint density at radius 3 is 1.27 bits per heavy atom. The minimum atomic E-state index is -0.567. The first kappa shape index (κ1) is 40.1. The molecule has 6 atom stereocenters. The SMILES string of the molecule is O=C1OC[C@H](c2ccccc2)N1C(=O)[C@H]1C[C@@H]1c1cncc(OCc2ccccc2)c1.O=C1OC[C@H](c2ccccc2)N1C(=O)[C@H]1C[C@@H]1c1cncc(OCc2ccccc2)c1. The number of imide groups is 2. The Morgan fingerprint density at radius 2 is 0.887 bits per heavy atom. The van der Waals surface area contributed by atoms with Crippen molar-refractivity contribution in [3.8, 4) is 11.5 Å². The van der Waals surface area contributed by atoms with Gasteiger partial charge in [0.1, 0.15) is 50.0 Å². The molecule has 12 nitrogen and oxygen atoms in total. The number of carbonyl (C=O) groups excluding carboxylic acids is 4. The van der Waals surface area contributed by atoms with Crippen LogP contribution in [0.5, 0.6) is 11.5 Å². The standard InChI is InChI=1S/2C25H22N2O4/c2*28-24(27-23(16-31-25(27)29)18-9-5-2-6-10-18)22-12-21(22)19-11-20(14-26-13-19)30-15-17-7-3-1-4-8-17/h2*1-11,13-14,21-23H,12,15-16H2/t2*21-,22+,23-/m11/s1. The molecule has 4 heterocycles. The first-order chi connectivity index (χ1) is 30.4. The van der Waals surface area contributed by atoms with Gasteiger partial charge in [0.2, 0.25) is 11.8 Å². The summed E-state index contributed by atoms with van der Waals surface area (Å²) in [4.78, 5) is 62.0. The van der Waals surface area contributed by atoms with Crippen LogP contribution in [0.2, 0.25) is 0 Å². The molecule has 4 aromatic carbocycles. The third kappa shape index (κ3) is 9.04. The van der Waals surface area contributed by atoms with Crippen LogP contribution in [0, 0.1) is 11.8 Å². The second kappa shape index (κ2) is 18.1. The Bertz CT molecular complexity index is 2350. The van der Waals surface area contributed by atoms with Crippen LogP contribution in [0.4, 0.5) is 9.59 Å². The van der Waals surface area contributed by atoms with Crippen molar-refractivity contribution in [2.45, 2.75) is 50.0 Å². The van der Waals surface area contributed by atoms with Crippen molar-refractivity contribution in [1.29, 1.82) is 0 Å². The summed E-state index contributed by atoms with van der Waals surface area (Å²) < 4.78 is 22.1. The predicted octanol–water partition coefficient (Wildman–Crippen LogP) is 8.97. The number of ether oxygens (including phenoxy) is 4. The maximum atomic E-state index is 13.2. The topological polar surface area (TPSA) is 137 Å². The molecule has 2 aliphatic carbocycles. The van der Waals surface area contributed by atoms with Crippen LogP contribution < -0.4 is 9.47 Å². The van der Waals surface area contributed by atoms with Gasteiger partial charge in [0.25, 0.3) is 0 Å². The summed E-state index contributed by atoms with van der Waals surface area (Å²) in [5.74, 6) is 0.541. The highest BCUT2D eigenvalue weighted by Crippen LogP contribution is 2.51. The normalized spacial score (nSPS) is 22.1. The highest BCUT2D eigenvalue weighted by Gasteiger charge is 2.52. The second-order valence-corrected chi connectivity index (χ2v) is 15.8. The van der Waals surface area contributed by atoms with Gasteiger partial charge in [-0.15, -0.1) is 0 Å². The van der Waals surface area contributed by atoms with E-state index in [1.807, 2.05) is 133 Å². The van der Waals surface area contributed by atoms with Crippen LogP contribution in [0.3, 0.4) is 0 Å². The number of rotatable bonds is 12. The van der Waals surface area contributed by atoms with Gasteiger partial charge in [0.15, 0.2) is 0 Å². The van der Waals surface area contributed by atoms with Crippen molar-refractivity contribution < 1.29 is 38.1 Å². The number of nitrogens with zero attached hydrogens (tertiary/aromatic N) is 4. The number of carbonyl (C=O) groups is 4. The second-order valence-electron chi connectivity index (χ2n) is 15.8. The van der Waals surface area contributed by atoms with Crippen molar-refractivity contribution in [3.05, 3.63) is 192 Å². The number of cyclic esters (lactones) is 2. The van der Waals surface area contributed by atoms with Crippen LogP contribution in [-0.2, 0) is 32.3 Å². The summed E-state index contributed by atoms with van der Waals surface area (Å²) in [6.07, 6.45) is 7.13.